The monoisotopic (exact) mass is 619 g/mol. The molecular formula is C33H25ClF3N3O4. The van der Waals surface area contributed by atoms with E-state index < -0.39 is 12.3 Å². The number of aromatic nitrogens is 2. The van der Waals surface area contributed by atoms with Crippen molar-refractivity contribution in [2.75, 3.05) is 5.32 Å². The van der Waals surface area contributed by atoms with Gasteiger partial charge in [0.15, 0.2) is 0 Å². The van der Waals surface area contributed by atoms with Crippen molar-refractivity contribution in [3.63, 3.8) is 0 Å². The van der Waals surface area contributed by atoms with Crippen molar-refractivity contribution in [1.82, 2.24) is 9.55 Å². The molecule has 7 nitrogen and oxygen atoms in total. The summed E-state index contributed by atoms with van der Waals surface area (Å²) in [4.78, 5) is 31.7. The first-order valence-electron chi connectivity index (χ1n) is 13.8. The first-order valence-corrected chi connectivity index (χ1v) is 14.2. The lowest BCUT2D eigenvalue weighted by molar-refractivity contribution is -0.274. The van der Waals surface area contributed by atoms with Gasteiger partial charge >= 0.3 is 6.36 Å². The van der Waals surface area contributed by atoms with Gasteiger partial charge in [-0.2, -0.15) is 0 Å². The third-order valence-corrected chi connectivity index (χ3v) is 7.63. The minimum atomic E-state index is -4.80. The van der Waals surface area contributed by atoms with Crippen LogP contribution >= 0.6 is 11.6 Å². The molecule has 6 rings (SSSR count). The van der Waals surface area contributed by atoms with Crippen LogP contribution in [0, 0.1) is 0 Å². The van der Waals surface area contributed by atoms with Crippen molar-refractivity contribution in [2.24, 2.45) is 0 Å². The largest absolute Gasteiger partial charge is 0.573 e. The zero-order valence-electron chi connectivity index (χ0n) is 23.1. The molecule has 1 aliphatic rings. The molecule has 5 aromatic rings. The molecule has 1 aliphatic heterocycles. The Hall–Kier alpha value is -4.67. The number of carbonyl (C=O) groups is 1. The Bertz CT molecular complexity index is 1860. The van der Waals surface area contributed by atoms with E-state index in [1.54, 1.807) is 48.5 Å². The van der Waals surface area contributed by atoms with E-state index in [-0.39, 0.29) is 36.0 Å². The molecule has 44 heavy (non-hydrogen) atoms. The van der Waals surface area contributed by atoms with Gasteiger partial charge in [0.1, 0.15) is 5.75 Å². The number of hydrogen-bond acceptors (Lipinski definition) is 5. The fourth-order valence-corrected chi connectivity index (χ4v) is 5.37. The molecule has 0 aliphatic carbocycles. The van der Waals surface area contributed by atoms with E-state index in [2.05, 4.69) is 15.0 Å². The number of anilines is 1. The van der Waals surface area contributed by atoms with E-state index in [0.29, 0.717) is 39.0 Å². The second-order valence-electron chi connectivity index (χ2n) is 10.4. The zero-order chi connectivity index (χ0) is 30.8. The van der Waals surface area contributed by atoms with Crippen molar-refractivity contribution in [2.45, 2.75) is 38.0 Å². The molecule has 0 bridgehead atoms. The van der Waals surface area contributed by atoms with Crippen LogP contribution < -0.4 is 15.6 Å². The van der Waals surface area contributed by atoms with Crippen molar-refractivity contribution in [3.8, 4) is 16.9 Å². The molecular weight excluding hydrogens is 595 g/mol. The Morgan fingerprint density at radius 1 is 0.955 bits per heavy atom. The molecule has 0 spiro atoms. The van der Waals surface area contributed by atoms with Gasteiger partial charge in [0, 0.05) is 10.6 Å². The van der Waals surface area contributed by atoms with Gasteiger partial charge in [0.25, 0.3) is 11.5 Å². The zero-order valence-corrected chi connectivity index (χ0v) is 23.8. The van der Waals surface area contributed by atoms with Crippen LogP contribution in [0.5, 0.6) is 5.75 Å². The second kappa shape index (κ2) is 12.1. The molecule has 0 radical (unpaired) electrons. The maximum atomic E-state index is 13.8. The molecule has 1 N–H and O–H groups in total. The van der Waals surface area contributed by atoms with E-state index in [0.717, 1.165) is 12.0 Å². The number of hydrogen-bond donors (Lipinski definition) is 1. The maximum absolute atomic E-state index is 13.8. The summed E-state index contributed by atoms with van der Waals surface area (Å²) in [5.74, 6) is -0.726. The number of amides is 1. The Morgan fingerprint density at radius 2 is 1.66 bits per heavy atom. The fourth-order valence-electron chi connectivity index (χ4n) is 5.24. The number of nitrogens with one attached hydrogen (secondary N) is 1. The van der Waals surface area contributed by atoms with Crippen LogP contribution in [-0.4, -0.2) is 27.9 Å². The summed E-state index contributed by atoms with van der Waals surface area (Å²) >= 11 is 6.03. The van der Waals surface area contributed by atoms with Gasteiger partial charge in [0.2, 0.25) is 5.95 Å². The minimum absolute atomic E-state index is 0.0565. The molecule has 1 aromatic heterocycles. The van der Waals surface area contributed by atoms with Gasteiger partial charge in [-0.25, -0.2) is 4.98 Å². The quantitative estimate of drug-likeness (QED) is 0.201. The molecule has 1 amide bonds. The fraction of sp³-hybridized carbons (Fsp3) is 0.182. The topological polar surface area (TPSA) is 82.5 Å². The third-order valence-electron chi connectivity index (χ3n) is 7.37. The van der Waals surface area contributed by atoms with Crippen LogP contribution in [0.2, 0.25) is 5.02 Å². The highest BCUT2D eigenvalue weighted by molar-refractivity contribution is 6.30. The van der Waals surface area contributed by atoms with Gasteiger partial charge in [0.05, 0.1) is 29.7 Å². The van der Waals surface area contributed by atoms with E-state index in [1.807, 2.05) is 24.3 Å². The Morgan fingerprint density at radius 3 is 2.36 bits per heavy atom. The lowest BCUT2D eigenvalue weighted by Gasteiger charge is -2.19. The number of benzene rings is 4. The van der Waals surface area contributed by atoms with E-state index in [1.165, 1.54) is 28.8 Å². The highest BCUT2D eigenvalue weighted by Crippen LogP contribution is 2.34. The number of ether oxygens (including phenoxy) is 2. The van der Waals surface area contributed by atoms with Crippen LogP contribution in [0.4, 0.5) is 19.1 Å². The average Bonchev–Trinajstić information content (AvgIpc) is 3.48. The molecule has 2 atom stereocenters. The molecule has 1 fully saturated rings. The van der Waals surface area contributed by atoms with E-state index in [9.17, 15) is 22.8 Å². The summed E-state index contributed by atoms with van der Waals surface area (Å²) in [5.41, 5.74) is 2.54. The van der Waals surface area contributed by atoms with Gasteiger partial charge in [-0.05, 0) is 78.1 Å². The minimum Gasteiger partial charge on any atom is -0.406 e. The van der Waals surface area contributed by atoms with Gasteiger partial charge < -0.3 is 9.47 Å². The van der Waals surface area contributed by atoms with E-state index in [4.69, 9.17) is 16.3 Å². The number of halogens is 4. The number of nitrogens with zero attached hydrogens (tertiary/aromatic N) is 2. The molecule has 1 saturated heterocycles. The highest BCUT2D eigenvalue weighted by Gasteiger charge is 2.31. The summed E-state index contributed by atoms with van der Waals surface area (Å²) in [7, 11) is 0. The number of fused-ring (bicyclic) bond motifs is 1. The second-order valence-corrected chi connectivity index (χ2v) is 10.8. The van der Waals surface area contributed by atoms with Gasteiger partial charge in [-0.15, -0.1) is 13.2 Å². The van der Waals surface area contributed by atoms with Crippen LogP contribution in [0.15, 0.2) is 102 Å². The third kappa shape index (κ3) is 6.61. The summed E-state index contributed by atoms with van der Waals surface area (Å²) in [6.07, 6.45) is -3.81. The summed E-state index contributed by atoms with van der Waals surface area (Å²) in [6.45, 7) is 0.165. The molecule has 2 heterocycles. The number of alkyl halides is 3. The average molecular weight is 620 g/mol. The number of rotatable bonds is 7. The van der Waals surface area contributed by atoms with Crippen molar-refractivity contribution < 1.29 is 27.4 Å². The Kier molecular flexibility index (Phi) is 8.11. The first-order chi connectivity index (χ1) is 21.1. The molecule has 11 heteroatoms. The lowest BCUT2D eigenvalue weighted by atomic mass is 10.0. The standard InChI is InChI=1S/C33H25ClF3N3O4/c34-24-11-6-21(7-12-24)29-17-15-26(43-29)19-40-31(42)27-16-10-23(20-8-13-25(14-9-20)44-33(35,36)37)18-28(27)38-32(40)39-30(41)22-4-2-1-3-5-22/h1-14,16,18,26,29H,15,17,19H2,(H,38,39,41). The van der Waals surface area contributed by atoms with Gasteiger partial charge in [-0.1, -0.05) is 60.1 Å². The van der Waals surface area contributed by atoms with Crippen LogP contribution in [0.25, 0.3) is 22.0 Å². The van der Waals surface area contributed by atoms with Gasteiger partial charge in [-0.3, -0.25) is 19.5 Å². The van der Waals surface area contributed by atoms with Crippen molar-refractivity contribution in [1.29, 1.82) is 0 Å². The van der Waals surface area contributed by atoms with E-state index >= 15 is 0 Å². The first kappa shape index (κ1) is 29.4. The molecule has 4 aromatic carbocycles. The van der Waals surface area contributed by atoms with Crippen LogP contribution in [-0.2, 0) is 11.3 Å². The number of carbonyl (C=O) groups excluding carboxylic acids is 1. The SMILES string of the molecule is O=C(Nc1nc2cc(-c3ccc(OC(F)(F)F)cc3)ccc2c(=O)n1CC1CCC(c2ccc(Cl)cc2)O1)c1ccccc1. The molecule has 2 unspecified atom stereocenters. The summed E-state index contributed by atoms with van der Waals surface area (Å²) in [6, 6.07) is 26.4. The van der Waals surface area contributed by atoms with Crippen LogP contribution in [0.3, 0.4) is 0 Å². The van der Waals surface area contributed by atoms with Crippen molar-refractivity contribution >= 4 is 34.4 Å². The molecule has 0 saturated carbocycles. The highest BCUT2D eigenvalue weighted by atomic mass is 35.5. The summed E-state index contributed by atoms with van der Waals surface area (Å²) < 4.78 is 49.4. The summed E-state index contributed by atoms with van der Waals surface area (Å²) in [5, 5.41) is 3.74. The molecule has 224 valence electrons. The Labute approximate surface area is 254 Å². The smallest absolute Gasteiger partial charge is 0.406 e. The Balaban J connectivity index is 1.33. The predicted molar refractivity (Wildman–Crippen MR) is 161 cm³/mol. The lowest BCUT2D eigenvalue weighted by Crippen LogP contribution is -2.31. The van der Waals surface area contributed by atoms with Crippen LogP contribution in [0.1, 0.15) is 34.9 Å². The van der Waals surface area contributed by atoms with Crippen molar-refractivity contribution in [3.05, 3.63) is 124 Å². The predicted octanol–water partition coefficient (Wildman–Crippen LogP) is 7.79. The normalized spacial score (nSPS) is 16.6. The maximum Gasteiger partial charge on any atom is 0.573 e.